The summed E-state index contributed by atoms with van der Waals surface area (Å²) in [6, 6.07) is 6.11. The average Bonchev–Trinajstić information content (AvgIpc) is 2.87. The van der Waals surface area contributed by atoms with E-state index < -0.39 is 6.04 Å². The first-order chi connectivity index (χ1) is 10.5. The lowest BCUT2D eigenvalue weighted by atomic mass is 10.1. The maximum Gasteiger partial charge on any atom is 0.237 e. The fraction of sp³-hybridized carbons (Fsp3) is 0.375. The van der Waals surface area contributed by atoms with Crippen molar-refractivity contribution in [2.75, 3.05) is 0 Å². The van der Waals surface area contributed by atoms with E-state index in [1.54, 1.807) is 35.6 Å². The lowest BCUT2D eigenvalue weighted by molar-refractivity contribution is -0.122. The molecule has 118 valence electrons. The Kier molecular flexibility index (Phi) is 5.51. The molecule has 0 aliphatic heterocycles. The number of phenolic OH excluding ortho intramolecular Hbond substituents is 1. The van der Waals surface area contributed by atoms with Crippen LogP contribution < -0.4 is 11.1 Å². The van der Waals surface area contributed by atoms with E-state index in [4.69, 9.17) is 5.73 Å². The zero-order valence-electron chi connectivity index (χ0n) is 12.8. The van der Waals surface area contributed by atoms with Crippen LogP contribution in [0.15, 0.2) is 24.3 Å². The quantitative estimate of drug-likeness (QED) is 0.759. The van der Waals surface area contributed by atoms with Crippen molar-refractivity contribution in [2.45, 2.75) is 39.3 Å². The molecule has 0 unspecified atom stereocenters. The van der Waals surface area contributed by atoms with Crippen molar-refractivity contribution in [3.8, 4) is 5.75 Å². The normalized spacial score (nSPS) is 12.1. The van der Waals surface area contributed by atoms with Crippen LogP contribution in [0.25, 0.3) is 0 Å². The molecular weight excluding hydrogens is 298 g/mol. The largest absolute Gasteiger partial charge is 0.508 e. The summed E-state index contributed by atoms with van der Waals surface area (Å²) in [5.74, 6) is 0.0214. The maximum atomic E-state index is 12.1. The molecule has 1 aromatic heterocycles. The first-order valence-electron chi connectivity index (χ1n) is 7.26. The summed E-state index contributed by atoms with van der Waals surface area (Å²) in [6.45, 7) is 4.48. The minimum Gasteiger partial charge on any atom is -0.508 e. The predicted molar refractivity (Wildman–Crippen MR) is 87.9 cm³/mol. The van der Waals surface area contributed by atoms with Crippen LogP contribution >= 0.6 is 11.3 Å². The third-order valence-electron chi connectivity index (χ3n) is 3.39. The predicted octanol–water partition coefficient (Wildman–Crippen LogP) is 1.91. The van der Waals surface area contributed by atoms with Gasteiger partial charge in [0.2, 0.25) is 5.91 Å². The van der Waals surface area contributed by atoms with Gasteiger partial charge in [-0.25, -0.2) is 4.98 Å². The number of phenols is 1. The van der Waals surface area contributed by atoms with Gasteiger partial charge in [-0.15, -0.1) is 11.3 Å². The first-order valence-corrected chi connectivity index (χ1v) is 8.07. The summed E-state index contributed by atoms with van der Waals surface area (Å²) in [7, 11) is 0. The van der Waals surface area contributed by atoms with Gasteiger partial charge in [0.25, 0.3) is 0 Å². The van der Waals surface area contributed by atoms with Crippen LogP contribution in [0.2, 0.25) is 0 Å². The van der Waals surface area contributed by atoms with Crippen molar-refractivity contribution in [3.63, 3.8) is 0 Å². The number of hydrogen-bond donors (Lipinski definition) is 3. The Hall–Kier alpha value is -1.92. The van der Waals surface area contributed by atoms with E-state index >= 15 is 0 Å². The van der Waals surface area contributed by atoms with E-state index in [-0.39, 0.29) is 11.7 Å². The number of carbonyl (C=O) groups is 1. The molecule has 1 heterocycles. The van der Waals surface area contributed by atoms with Gasteiger partial charge in [0.05, 0.1) is 23.3 Å². The lowest BCUT2D eigenvalue weighted by Gasteiger charge is -2.12. The van der Waals surface area contributed by atoms with Crippen LogP contribution in [0.4, 0.5) is 0 Å². The Morgan fingerprint density at radius 1 is 1.41 bits per heavy atom. The van der Waals surface area contributed by atoms with Gasteiger partial charge in [0, 0.05) is 4.88 Å². The Morgan fingerprint density at radius 2 is 2.09 bits per heavy atom. The van der Waals surface area contributed by atoms with Gasteiger partial charge in [-0.3, -0.25) is 4.79 Å². The molecule has 0 spiro atoms. The van der Waals surface area contributed by atoms with E-state index in [1.165, 1.54) is 0 Å². The Morgan fingerprint density at radius 3 is 2.68 bits per heavy atom. The number of nitrogens with one attached hydrogen (secondary N) is 1. The van der Waals surface area contributed by atoms with Gasteiger partial charge >= 0.3 is 0 Å². The fourth-order valence-electron chi connectivity index (χ4n) is 2.08. The topological polar surface area (TPSA) is 88.2 Å². The number of benzene rings is 1. The zero-order valence-corrected chi connectivity index (χ0v) is 13.6. The fourth-order valence-corrected chi connectivity index (χ4v) is 3.03. The summed E-state index contributed by atoms with van der Waals surface area (Å²) in [6.07, 6.45) is 1.34. The maximum absolute atomic E-state index is 12.1. The van der Waals surface area contributed by atoms with Gasteiger partial charge in [-0.05, 0) is 37.5 Å². The highest BCUT2D eigenvalue weighted by atomic mass is 32.1. The van der Waals surface area contributed by atoms with Crippen LogP contribution in [0.1, 0.15) is 28.1 Å². The molecule has 0 aliphatic rings. The second-order valence-electron chi connectivity index (χ2n) is 5.16. The molecule has 0 bridgehead atoms. The number of rotatable bonds is 6. The molecule has 2 rings (SSSR count). The molecule has 1 amide bonds. The molecule has 0 radical (unpaired) electrons. The standard InChI is InChI=1S/C16H21N3O2S/c1-3-15-19-10(2)14(22-15)9-18-16(21)13(17)8-11-4-6-12(20)7-5-11/h4-7,13,20H,3,8-9,17H2,1-2H3,(H,18,21)/t13-/m1/s1. The number of aryl methyl sites for hydroxylation is 2. The minimum atomic E-state index is -0.608. The van der Waals surface area contributed by atoms with Gasteiger partial charge in [0.15, 0.2) is 0 Å². The Labute approximate surface area is 134 Å². The van der Waals surface area contributed by atoms with Gasteiger partial charge < -0.3 is 16.2 Å². The summed E-state index contributed by atoms with van der Waals surface area (Å²) in [5, 5.41) is 13.2. The van der Waals surface area contributed by atoms with Gasteiger partial charge in [-0.1, -0.05) is 19.1 Å². The van der Waals surface area contributed by atoms with Crippen molar-refractivity contribution in [1.29, 1.82) is 0 Å². The number of nitrogens with two attached hydrogens (primary N) is 1. The number of aromatic hydroxyl groups is 1. The molecular formula is C16H21N3O2S. The van der Waals surface area contributed by atoms with Crippen molar-refractivity contribution >= 4 is 17.2 Å². The molecule has 0 aliphatic carbocycles. The van der Waals surface area contributed by atoms with Crippen LogP contribution in [0.5, 0.6) is 5.75 Å². The number of thiazole rings is 1. The van der Waals surface area contributed by atoms with Crippen molar-refractivity contribution in [2.24, 2.45) is 5.73 Å². The van der Waals surface area contributed by atoms with Crippen molar-refractivity contribution in [1.82, 2.24) is 10.3 Å². The molecule has 1 aromatic carbocycles. The summed E-state index contributed by atoms with van der Waals surface area (Å²) in [4.78, 5) is 17.6. The molecule has 4 N–H and O–H groups in total. The summed E-state index contributed by atoms with van der Waals surface area (Å²) < 4.78 is 0. The van der Waals surface area contributed by atoms with E-state index in [1.807, 2.05) is 6.92 Å². The van der Waals surface area contributed by atoms with Crippen LogP contribution in [-0.2, 0) is 24.2 Å². The van der Waals surface area contributed by atoms with Gasteiger partial charge in [0.1, 0.15) is 5.75 Å². The van der Waals surface area contributed by atoms with Crippen LogP contribution in [0.3, 0.4) is 0 Å². The number of aromatic nitrogens is 1. The number of carbonyl (C=O) groups excluding carboxylic acids is 1. The first kappa shape index (κ1) is 16.5. The molecule has 0 saturated carbocycles. The lowest BCUT2D eigenvalue weighted by Crippen LogP contribution is -2.41. The molecule has 22 heavy (non-hydrogen) atoms. The zero-order chi connectivity index (χ0) is 16.1. The third kappa shape index (κ3) is 4.29. The Balaban J connectivity index is 1.88. The second-order valence-corrected chi connectivity index (χ2v) is 6.33. The molecule has 2 aromatic rings. The highest BCUT2D eigenvalue weighted by molar-refractivity contribution is 7.11. The highest BCUT2D eigenvalue weighted by Gasteiger charge is 2.15. The van der Waals surface area contributed by atoms with E-state index in [0.29, 0.717) is 13.0 Å². The Bertz CT molecular complexity index is 637. The van der Waals surface area contributed by atoms with Crippen LogP contribution in [-0.4, -0.2) is 22.0 Å². The van der Waals surface area contributed by atoms with Crippen LogP contribution in [0, 0.1) is 6.92 Å². The molecule has 6 heteroatoms. The number of nitrogens with zero attached hydrogens (tertiary/aromatic N) is 1. The average molecular weight is 319 g/mol. The summed E-state index contributed by atoms with van der Waals surface area (Å²) >= 11 is 1.62. The monoisotopic (exact) mass is 319 g/mol. The van der Waals surface area contributed by atoms with Crippen molar-refractivity contribution < 1.29 is 9.90 Å². The van der Waals surface area contributed by atoms with E-state index in [2.05, 4.69) is 17.2 Å². The SMILES string of the molecule is CCc1nc(C)c(CNC(=O)[C@H](N)Cc2ccc(O)cc2)s1. The number of hydrogen-bond acceptors (Lipinski definition) is 5. The highest BCUT2D eigenvalue weighted by Crippen LogP contribution is 2.18. The third-order valence-corrected chi connectivity index (χ3v) is 4.69. The number of amides is 1. The van der Waals surface area contributed by atoms with E-state index in [0.717, 1.165) is 27.6 Å². The summed E-state index contributed by atoms with van der Waals surface area (Å²) in [5.41, 5.74) is 7.82. The molecule has 1 atom stereocenters. The molecule has 0 fully saturated rings. The van der Waals surface area contributed by atoms with E-state index in [9.17, 15) is 9.90 Å². The molecule has 0 saturated heterocycles. The second kappa shape index (κ2) is 7.38. The van der Waals surface area contributed by atoms with Crippen molar-refractivity contribution in [3.05, 3.63) is 45.4 Å². The van der Waals surface area contributed by atoms with Gasteiger partial charge in [-0.2, -0.15) is 0 Å². The smallest absolute Gasteiger partial charge is 0.237 e. The molecule has 5 nitrogen and oxygen atoms in total. The minimum absolute atomic E-state index is 0.182.